The number of carbonyl (C=O) groups excluding carboxylic acids is 1. The molecule has 0 fully saturated rings. The van der Waals surface area contributed by atoms with Crippen molar-refractivity contribution in [1.82, 2.24) is 5.32 Å². The first-order valence-corrected chi connectivity index (χ1v) is 5.20. The molecular weight excluding hydrogens is 194 g/mol. The summed E-state index contributed by atoms with van der Waals surface area (Å²) in [5.41, 5.74) is 0. The summed E-state index contributed by atoms with van der Waals surface area (Å²) in [5.74, 6) is 0.0836. The maximum Gasteiger partial charge on any atom is 0.331 e. The molecule has 0 amide bonds. The summed E-state index contributed by atoms with van der Waals surface area (Å²) >= 11 is 0. The van der Waals surface area contributed by atoms with Crippen molar-refractivity contribution in [2.24, 2.45) is 5.92 Å². The molecule has 0 rings (SSSR count). The highest BCUT2D eigenvalue weighted by Crippen LogP contribution is 2.02. The first-order valence-electron chi connectivity index (χ1n) is 5.20. The molecule has 0 heterocycles. The zero-order chi connectivity index (χ0) is 11.7. The van der Waals surface area contributed by atoms with E-state index < -0.39 is 0 Å². The van der Waals surface area contributed by atoms with Gasteiger partial charge in [-0.05, 0) is 12.8 Å². The van der Waals surface area contributed by atoms with Crippen LogP contribution in [-0.4, -0.2) is 32.3 Å². The van der Waals surface area contributed by atoms with Gasteiger partial charge < -0.3 is 14.8 Å². The van der Waals surface area contributed by atoms with Gasteiger partial charge in [0.1, 0.15) is 0 Å². The Hall–Kier alpha value is -1.03. The predicted molar refractivity (Wildman–Crippen MR) is 59.4 cm³/mol. The van der Waals surface area contributed by atoms with Gasteiger partial charge in [0.25, 0.3) is 0 Å². The molecule has 4 heteroatoms. The van der Waals surface area contributed by atoms with Crippen LogP contribution in [0.25, 0.3) is 0 Å². The summed E-state index contributed by atoms with van der Waals surface area (Å²) in [6.45, 7) is 7.50. The van der Waals surface area contributed by atoms with E-state index in [-0.39, 0.29) is 12.0 Å². The minimum absolute atomic E-state index is 0.214. The van der Waals surface area contributed by atoms with E-state index >= 15 is 0 Å². The van der Waals surface area contributed by atoms with E-state index in [4.69, 9.17) is 4.74 Å². The van der Waals surface area contributed by atoms with Gasteiger partial charge in [-0.1, -0.05) is 13.8 Å². The molecule has 0 spiro atoms. The van der Waals surface area contributed by atoms with Gasteiger partial charge in [0.05, 0.1) is 19.8 Å². The van der Waals surface area contributed by atoms with Crippen molar-refractivity contribution in [2.45, 2.75) is 26.8 Å². The molecule has 0 bridgehead atoms. The van der Waals surface area contributed by atoms with Crippen LogP contribution in [0.5, 0.6) is 0 Å². The number of nitrogens with one attached hydrogen (secondary N) is 1. The topological polar surface area (TPSA) is 47.6 Å². The number of rotatable bonds is 7. The highest BCUT2D eigenvalue weighted by molar-refractivity contribution is 5.81. The third kappa shape index (κ3) is 6.96. The van der Waals surface area contributed by atoms with Crippen molar-refractivity contribution in [1.29, 1.82) is 0 Å². The van der Waals surface area contributed by atoms with Crippen LogP contribution in [0.2, 0.25) is 0 Å². The summed E-state index contributed by atoms with van der Waals surface area (Å²) in [5, 5.41) is 3.11. The fourth-order valence-electron chi connectivity index (χ4n) is 0.986. The molecule has 0 saturated heterocycles. The third-order valence-corrected chi connectivity index (χ3v) is 2.04. The summed E-state index contributed by atoms with van der Waals surface area (Å²) in [6.07, 6.45) is 2.97. The first kappa shape index (κ1) is 14.0. The van der Waals surface area contributed by atoms with Crippen molar-refractivity contribution in [3.8, 4) is 0 Å². The van der Waals surface area contributed by atoms with Gasteiger partial charge in [-0.2, -0.15) is 0 Å². The van der Waals surface area contributed by atoms with Crippen LogP contribution in [0.3, 0.4) is 0 Å². The number of hydrogen-bond acceptors (Lipinski definition) is 4. The Labute approximate surface area is 91.6 Å². The van der Waals surface area contributed by atoms with Crippen molar-refractivity contribution >= 4 is 5.97 Å². The Bertz CT molecular complexity index is 202. The highest BCUT2D eigenvalue weighted by Gasteiger charge is 2.10. The van der Waals surface area contributed by atoms with E-state index in [2.05, 4.69) is 23.9 Å². The largest absolute Gasteiger partial charge is 0.466 e. The van der Waals surface area contributed by atoms with Gasteiger partial charge in [0.2, 0.25) is 0 Å². The number of methoxy groups -OCH3 is 1. The second kappa shape index (κ2) is 8.29. The zero-order valence-electron chi connectivity index (χ0n) is 9.95. The Morgan fingerprint density at radius 1 is 1.47 bits per heavy atom. The van der Waals surface area contributed by atoms with Crippen LogP contribution in [0.1, 0.15) is 20.8 Å². The van der Waals surface area contributed by atoms with E-state index in [0.717, 1.165) is 0 Å². The Kier molecular flexibility index (Phi) is 7.72. The molecule has 15 heavy (non-hydrogen) atoms. The van der Waals surface area contributed by atoms with E-state index in [0.29, 0.717) is 19.1 Å². The minimum Gasteiger partial charge on any atom is -0.466 e. The fraction of sp³-hybridized carbons (Fsp3) is 0.727. The minimum atomic E-state index is -0.360. The molecule has 0 aliphatic heterocycles. The molecule has 0 aromatic carbocycles. The maximum absolute atomic E-state index is 10.8. The Balaban J connectivity index is 3.95. The van der Waals surface area contributed by atoms with E-state index in [1.165, 1.54) is 13.2 Å². The normalized spacial score (nSPS) is 13.1. The molecular formula is C11H21NO3. The molecule has 0 aliphatic carbocycles. The number of esters is 1. The molecule has 1 unspecified atom stereocenters. The summed E-state index contributed by atoms with van der Waals surface area (Å²) < 4.78 is 9.80. The highest BCUT2D eigenvalue weighted by atomic mass is 16.5. The molecule has 0 aliphatic rings. The molecule has 4 nitrogen and oxygen atoms in total. The number of hydrogen-bond donors (Lipinski definition) is 1. The van der Waals surface area contributed by atoms with Crippen LogP contribution < -0.4 is 5.32 Å². The first-order chi connectivity index (χ1) is 7.11. The SMILES string of the molecule is CCOCC(N/C=C/C(=O)OC)C(C)C. The summed E-state index contributed by atoms with van der Waals surface area (Å²) in [6, 6.07) is 0.214. The van der Waals surface area contributed by atoms with Crippen LogP contribution in [0, 0.1) is 5.92 Å². The van der Waals surface area contributed by atoms with Crippen molar-refractivity contribution in [2.75, 3.05) is 20.3 Å². The number of carbonyl (C=O) groups is 1. The van der Waals surface area contributed by atoms with Crippen LogP contribution >= 0.6 is 0 Å². The van der Waals surface area contributed by atoms with Gasteiger partial charge in [0, 0.05) is 18.9 Å². The predicted octanol–water partition coefficient (Wildman–Crippen LogP) is 1.32. The van der Waals surface area contributed by atoms with Gasteiger partial charge in [-0.3, -0.25) is 0 Å². The molecule has 0 aromatic rings. The lowest BCUT2D eigenvalue weighted by Gasteiger charge is -2.20. The van der Waals surface area contributed by atoms with Gasteiger partial charge in [-0.15, -0.1) is 0 Å². The Morgan fingerprint density at radius 2 is 2.13 bits per heavy atom. The lowest BCUT2D eigenvalue weighted by molar-refractivity contribution is -0.134. The van der Waals surface area contributed by atoms with Gasteiger partial charge in [0.15, 0.2) is 0 Å². The maximum atomic E-state index is 10.8. The van der Waals surface area contributed by atoms with Gasteiger partial charge in [-0.25, -0.2) is 4.79 Å². The monoisotopic (exact) mass is 215 g/mol. The van der Waals surface area contributed by atoms with E-state index in [1.54, 1.807) is 6.20 Å². The molecule has 1 atom stereocenters. The molecule has 1 N–H and O–H groups in total. The quantitative estimate of drug-likeness (QED) is 0.514. The molecule has 88 valence electrons. The third-order valence-electron chi connectivity index (χ3n) is 2.04. The summed E-state index contributed by atoms with van der Waals surface area (Å²) in [7, 11) is 1.35. The lowest BCUT2D eigenvalue weighted by Crippen LogP contribution is -2.34. The zero-order valence-corrected chi connectivity index (χ0v) is 9.95. The number of ether oxygens (including phenoxy) is 2. The smallest absolute Gasteiger partial charge is 0.331 e. The summed E-state index contributed by atoms with van der Waals surface area (Å²) in [4.78, 5) is 10.8. The van der Waals surface area contributed by atoms with Gasteiger partial charge >= 0.3 is 5.97 Å². The van der Waals surface area contributed by atoms with Crippen molar-refractivity contribution < 1.29 is 14.3 Å². The molecule has 0 radical (unpaired) electrons. The average molecular weight is 215 g/mol. The lowest BCUT2D eigenvalue weighted by atomic mass is 10.1. The fourth-order valence-corrected chi connectivity index (χ4v) is 0.986. The molecule has 0 aromatic heterocycles. The molecule has 0 saturated carbocycles. The van der Waals surface area contributed by atoms with Crippen LogP contribution in [0.15, 0.2) is 12.3 Å². The van der Waals surface area contributed by atoms with Crippen molar-refractivity contribution in [3.05, 3.63) is 12.3 Å². The van der Waals surface area contributed by atoms with E-state index in [1.807, 2.05) is 6.92 Å². The van der Waals surface area contributed by atoms with Crippen LogP contribution in [-0.2, 0) is 14.3 Å². The van der Waals surface area contributed by atoms with Crippen molar-refractivity contribution in [3.63, 3.8) is 0 Å². The second-order valence-electron chi connectivity index (χ2n) is 3.53. The Morgan fingerprint density at radius 3 is 2.60 bits per heavy atom. The second-order valence-corrected chi connectivity index (χ2v) is 3.53. The van der Waals surface area contributed by atoms with E-state index in [9.17, 15) is 4.79 Å². The van der Waals surface area contributed by atoms with Crippen LogP contribution in [0.4, 0.5) is 0 Å². The standard InChI is InChI=1S/C11H21NO3/c1-5-15-8-10(9(2)3)12-7-6-11(13)14-4/h6-7,9-10,12H,5,8H2,1-4H3/b7-6+. The average Bonchev–Trinajstić information content (AvgIpc) is 2.22.